The van der Waals surface area contributed by atoms with E-state index in [0.29, 0.717) is 24.3 Å². The van der Waals surface area contributed by atoms with Gasteiger partial charge in [-0.25, -0.2) is 0 Å². The molecule has 0 N–H and O–H groups in total. The van der Waals surface area contributed by atoms with Gasteiger partial charge in [0.25, 0.3) is 0 Å². The van der Waals surface area contributed by atoms with Crippen molar-refractivity contribution in [3.05, 3.63) is 23.8 Å². The Morgan fingerprint density at radius 1 is 1.26 bits per heavy atom. The number of ether oxygens (including phenoxy) is 3. The molecular formula is C14H16O5. The van der Waals surface area contributed by atoms with Gasteiger partial charge >= 0.3 is 11.9 Å². The largest absolute Gasteiger partial charge is 0.497 e. The maximum absolute atomic E-state index is 11.6. The quantitative estimate of drug-likeness (QED) is 0.612. The second-order valence-electron chi connectivity index (χ2n) is 4.41. The predicted octanol–water partition coefficient (Wildman–Crippen LogP) is 1.73. The van der Waals surface area contributed by atoms with Gasteiger partial charge in [0.05, 0.1) is 20.1 Å². The average molecular weight is 264 g/mol. The standard InChI is InChI=1S/C14H16O5/c1-17-11-4-5-12(18-2)10(8-11)7-9-3-6-13(15)19-14(9)16/h4-5,8-9H,3,6-7H2,1-2H3. The van der Waals surface area contributed by atoms with E-state index in [1.54, 1.807) is 26.4 Å². The number of esters is 2. The summed E-state index contributed by atoms with van der Waals surface area (Å²) in [7, 11) is 3.16. The first-order chi connectivity index (χ1) is 9.13. The van der Waals surface area contributed by atoms with Gasteiger partial charge in [0.15, 0.2) is 0 Å². The van der Waals surface area contributed by atoms with E-state index in [2.05, 4.69) is 4.74 Å². The molecule has 1 aliphatic heterocycles. The van der Waals surface area contributed by atoms with Crippen molar-refractivity contribution in [2.24, 2.45) is 5.92 Å². The minimum absolute atomic E-state index is 0.280. The number of methoxy groups -OCH3 is 2. The zero-order chi connectivity index (χ0) is 13.8. The van der Waals surface area contributed by atoms with Gasteiger partial charge in [-0.15, -0.1) is 0 Å². The summed E-state index contributed by atoms with van der Waals surface area (Å²) in [6.07, 6.45) is 1.27. The Bertz CT molecular complexity index is 495. The summed E-state index contributed by atoms with van der Waals surface area (Å²) < 4.78 is 15.1. The van der Waals surface area contributed by atoms with E-state index < -0.39 is 11.9 Å². The molecule has 1 unspecified atom stereocenters. The monoisotopic (exact) mass is 264 g/mol. The van der Waals surface area contributed by atoms with E-state index in [1.165, 1.54) is 0 Å². The summed E-state index contributed by atoms with van der Waals surface area (Å²) in [4.78, 5) is 22.7. The van der Waals surface area contributed by atoms with Crippen molar-refractivity contribution in [1.29, 1.82) is 0 Å². The zero-order valence-corrected chi connectivity index (χ0v) is 11.0. The van der Waals surface area contributed by atoms with Gasteiger partial charge in [0.1, 0.15) is 11.5 Å². The number of rotatable bonds is 4. The molecule has 0 amide bonds. The molecule has 5 heteroatoms. The molecule has 102 valence electrons. The van der Waals surface area contributed by atoms with Crippen molar-refractivity contribution < 1.29 is 23.8 Å². The van der Waals surface area contributed by atoms with Gasteiger partial charge in [-0.05, 0) is 36.6 Å². The Kier molecular flexibility index (Phi) is 4.04. The van der Waals surface area contributed by atoms with Crippen LogP contribution >= 0.6 is 0 Å². The maximum Gasteiger partial charge on any atom is 0.316 e. The molecule has 2 rings (SSSR count). The second-order valence-corrected chi connectivity index (χ2v) is 4.41. The van der Waals surface area contributed by atoms with Crippen molar-refractivity contribution in [2.75, 3.05) is 14.2 Å². The van der Waals surface area contributed by atoms with Gasteiger partial charge in [-0.2, -0.15) is 0 Å². The van der Waals surface area contributed by atoms with Crippen LogP contribution in [0.25, 0.3) is 0 Å². The third-order valence-corrected chi connectivity index (χ3v) is 3.20. The topological polar surface area (TPSA) is 61.8 Å². The third kappa shape index (κ3) is 3.05. The Labute approximate surface area is 111 Å². The molecule has 1 aromatic carbocycles. The van der Waals surface area contributed by atoms with E-state index in [0.717, 1.165) is 5.56 Å². The van der Waals surface area contributed by atoms with Crippen LogP contribution in [0.2, 0.25) is 0 Å². The van der Waals surface area contributed by atoms with E-state index in [1.807, 2.05) is 6.07 Å². The van der Waals surface area contributed by atoms with Crippen LogP contribution in [-0.4, -0.2) is 26.2 Å². The fourth-order valence-corrected chi connectivity index (χ4v) is 2.15. The summed E-state index contributed by atoms with van der Waals surface area (Å²) >= 11 is 0. The normalized spacial score (nSPS) is 18.9. The van der Waals surface area contributed by atoms with Gasteiger partial charge in [0.2, 0.25) is 0 Å². The molecule has 5 nitrogen and oxygen atoms in total. The summed E-state index contributed by atoms with van der Waals surface area (Å²) in [6.45, 7) is 0. The highest BCUT2D eigenvalue weighted by Gasteiger charge is 2.29. The molecular weight excluding hydrogens is 248 g/mol. The van der Waals surface area contributed by atoms with E-state index >= 15 is 0 Å². The van der Waals surface area contributed by atoms with Crippen LogP contribution in [0.1, 0.15) is 18.4 Å². The minimum Gasteiger partial charge on any atom is -0.497 e. The van der Waals surface area contributed by atoms with Gasteiger partial charge in [-0.3, -0.25) is 9.59 Å². The number of carbonyl (C=O) groups excluding carboxylic acids is 2. The van der Waals surface area contributed by atoms with Crippen LogP contribution in [0.15, 0.2) is 18.2 Å². The van der Waals surface area contributed by atoms with Crippen LogP contribution < -0.4 is 9.47 Å². The highest BCUT2D eigenvalue weighted by Crippen LogP contribution is 2.29. The van der Waals surface area contributed by atoms with Crippen LogP contribution in [-0.2, 0) is 20.7 Å². The molecule has 0 aliphatic carbocycles. The lowest BCUT2D eigenvalue weighted by Gasteiger charge is -2.20. The van der Waals surface area contributed by atoms with Crippen molar-refractivity contribution in [1.82, 2.24) is 0 Å². The first-order valence-corrected chi connectivity index (χ1v) is 6.09. The average Bonchev–Trinajstić information content (AvgIpc) is 2.41. The lowest BCUT2D eigenvalue weighted by Crippen LogP contribution is -2.29. The smallest absolute Gasteiger partial charge is 0.316 e. The lowest BCUT2D eigenvalue weighted by molar-refractivity contribution is -0.167. The van der Waals surface area contributed by atoms with E-state index in [-0.39, 0.29) is 12.3 Å². The van der Waals surface area contributed by atoms with Crippen molar-refractivity contribution in [3.63, 3.8) is 0 Å². The van der Waals surface area contributed by atoms with Crippen LogP contribution in [0.4, 0.5) is 0 Å². The molecule has 1 fully saturated rings. The van der Waals surface area contributed by atoms with Crippen LogP contribution in [0.5, 0.6) is 11.5 Å². The third-order valence-electron chi connectivity index (χ3n) is 3.20. The van der Waals surface area contributed by atoms with E-state index in [4.69, 9.17) is 9.47 Å². The molecule has 0 aromatic heterocycles. The second kappa shape index (κ2) is 5.73. The van der Waals surface area contributed by atoms with Gasteiger partial charge in [-0.1, -0.05) is 0 Å². The molecule has 1 heterocycles. The first kappa shape index (κ1) is 13.4. The SMILES string of the molecule is COc1ccc(OC)c(CC2CCC(=O)OC2=O)c1. The molecule has 0 saturated carbocycles. The Morgan fingerprint density at radius 2 is 2.05 bits per heavy atom. The summed E-state index contributed by atoms with van der Waals surface area (Å²) in [6, 6.07) is 5.43. The molecule has 1 atom stereocenters. The Morgan fingerprint density at radius 3 is 2.68 bits per heavy atom. The molecule has 0 radical (unpaired) electrons. The van der Waals surface area contributed by atoms with Crippen LogP contribution in [0, 0.1) is 5.92 Å². The van der Waals surface area contributed by atoms with Gasteiger partial charge in [0, 0.05) is 6.42 Å². The first-order valence-electron chi connectivity index (χ1n) is 6.09. The van der Waals surface area contributed by atoms with Crippen molar-refractivity contribution in [2.45, 2.75) is 19.3 Å². The summed E-state index contributed by atoms with van der Waals surface area (Å²) in [5.41, 5.74) is 0.873. The fraction of sp³-hybridized carbons (Fsp3) is 0.429. The number of hydrogen-bond acceptors (Lipinski definition) is 5. The van der Waals surface area contributed by atoms with Crippen molar-refractivity contribution in [3.8, 4) is 11.5 Å². The zero-order valence-electron chi connectivity index (χ0n) is 11.0. The highest BCUT2D eigenvalue weighted by atomic mass is 16.6. The number of cyclic esters (lactones) is 2. The summed E-state index contributed by atoms with van der Waals surface area (Å²) in [5.74, 6) is 0.195. The molecule has 1 saturated heterocycles. The number of benzene rings is 1. The number of hydrogen-bond donors (Lipinski definition) is 0. The van der Waals surface area contributed by atoms with E-state index in [9.17, 15) is 9.59 Å². The van der Waals surface area contributed by atoms with Crippen LogP contribution in [0.3, 0.4) is 0 Å². The fourth-order valence-electron chi connectivity index (χ4n) is 2.15. The molecule has 1 aromatic rings. The highest BCUT2D eigenvalue weighted by molar-refractivity contribution is 5.89. The maximum atomic E-state index is 11.6. The molecule has 1 aliphatic rings. The minimum atomic E-state index is -0.457. The molecule has 0 bridgehead atoms. The lowest BCUT2D eigenvalue weighted by atomic mass is 9.93. The Hall–Kier alpha value is -2.04. The number of carbonyl (C=O) groups is 2. The Balaban J connectivity index is 2.17. The molecule has 19 heavy (non-hydrogen) atoms. The molecule has 0 spiro atoms. The predicted molar refractivity (Wildman–Crippen MR) is 67.1 cm³/mol. The summed E-state index contributed by atoms with van der Waals surface area (Å²) in [5, 5.41) is 0. The van der Waals surface area contributed by atoms with Crippen molar-refractivity contribution >= 4 is 11.9 Å². The van der Waals surface area contributed by atoms with Gasteiger partial charge < -0.3 is 14.2 Å².